The molecule has 0 atom stereocenters. The average molecular weight is 371 g/mol. The summed E-state index contributed by atoms with van der Waals surface area (Å²) in [6, 6.07) is 9.00. The van der Waals surface area contributed by atoms with Crippen molar-refractivity contribution >= 4 is 10.1 Å². The molecule has 0 spiro atoms. The number of aryl methyl sites for hydroxylation is 2. The van der Waals surface area contributed by atoms with Crippen LogP contribution in [0.1, 0.15) is 56.6 Å². The third-order valence-corrected chi connectivity index (χ3v) is 5.54. The fourth-order valence-electron chi connectivity index (χ4n) is 3.13. The van der Waals surface area contributed by atoms with Gasteiger partial charge in [-0.15, -0.1) is 0 Å². The van der Waals surface area contributed by atoms with Crippen LogP contribution in [0.15, 0.2) is 24.3 Å². The van der Waals surface area contributed by atoms with Gasteiger partial charge in [-0.05, 0) is 30.4 Å². The average Bonchev–Trinajstić information content (AvgIpc) is 2.51. The van der Waals surface area contributed by atoms with Crippen molar-refractivity contribution in [2.24, 2.45) is 0 Å². The highest BCUT2D eigenvalue weighted by Crippen LogP contribution is 2.12. The van der Waals surface area contributed by atoms with E-state index in [-0.39, 0.29) is 5.75 Å². The van der Waals surface area contributed by atoms with Crippen LogP contribution in [0.3, 0.4) is 0 Å². The monoisotopic (exact) mass is 370 g/mol. The Labute approximate surface area is 154 Å². The molecule has 0 heterocycles. The summed E-state index contributed by atoms with van der Waals surface area (Å²) in [5.74, 6) is -0.144. The third-order valence-electron chi connectivity index (χ3n) is 4.74. The van der Waals surface area contributed by atoms with E-state index in [1.165, 1.54) is 43.2 Å². The summed E-state index contributed by atoms with van der Waals surface area (Å²) in [6.07, 6.45) is 9.02. The van der Waals surface area contributed by atoms with Gasteiger partial charge in [0.05, 0.1) is 32.9 Å². The molecule has 25 heavy (non-hydrogen) atoms. The van der Waals surface area contributed by atoms with Gasteiger partial charge < -0.3 is 4.48 Å². The maximum Gasteiger partial charge on any atom is 0.265 e. The predicted molar refractivity (Wildman–Crippen MR) is 105 cm³/mol. The van der Waals surface area contributed by atoms with E-state index in [0.29, 0.717) is 6.42 Å². The second kappa shape index (κ2) is 10.9. The fourth-order valence-corrected chi connectivity index (χ4v) is 3.62. The largest absolute Gasteiger partial charge is 0.328 e. The number of hydrogen-bond acceptors (Lipinski definition) is 2. The molecule has 4 nitrogen and oxygen atoms in total. The van der Waals surface area contributed by atoms with E-state index in [1.807, 2.05) is 0 Å². The van der Waals surface area contributed by atoms with Crippen molar-refractivity contribution in [2.45, 2.75) is 58.3 Å². The molecular formula is C20H36NO3S+. The first-order valence-corrected chi connectivity index (χ1v) is 11.2. The molecule has 0 saturated carbocycles. The molecule has 144 valence electrons. The second-order valence-corrected chi connectivity index (χ2v) is 9.33. The van der Waals surface area contributed by atoms with Gasteiger partial charge in [0.25, 0.3) is 10.1 Å². The first kappa shape index (κ1) is 22.1. The highest BCUT2D eigenvalue weighted by Gasteiger charge is 2.16. The van der Waals surface area contributed by atoms with Crippen LogP contribution in [0.25, 0.3) is 0 Å². The topological polar surface area (TPSA) is 54.4 Å². The molecule has 0 saturated heterocycles. The number of nitrogens with zero attached hydrogens (tertiary/aromatic N) is 1. The van der Waals surface area contributed by atoms with Crippen molar-refractivity contribution in [3.8, 4) is 0 Å². The summed E-state index contributed by atoms with van der Waals surface area (Å²) in [7, 11) is 0.395. The van der Waals surface area contributed by atoms with Crippen LogP contribution in [-0.4, -0.2) is 50.4 Å². The molecule has 0 bridgehead atoms. The SMILES string of the molecule is CCCCCCc1ccc(CCC[N+](C)(C)CCCS(=O)(=O)O)cc1. The Bertz CT molecular complexity index is 579. The van der Waals surface area contributed by atoms with Crippen molar-refractivity contribution in [3.05, 3.63) is 35.4 Å². The molecule has 1 rings (SSSR count). The lowest BCUT2D eigenvalue weighted by molar-refractivity contribution is -0.890. The van der Waals surface area contributed by atoms with Gasteiger partial charge in [0.1, 0.15) is 0 Å². The standard InChI is InChI=1S/C20H35NO3S/c1-4-5-6-7-10-19-12-14-20(15-13-19)11-8-16-21(2,3)17-9-18-25(22,23)24/h12-15H,4-11,16-18H2,1-3H3/p+1. The fraction of sp³-hybridized carbons (Fsp3) is 0.700. The normalized spacial score (nSPS) is 12.5. The van der Waals surface area contributed by atoms with Gasteiger partial charge in [-0.1, -0.05) is 50.5 Å². The van der Waals surface area contributed by atoms with E-state index in [4.69, 9.17) is 4.55 Å². The molecule has 1 aromatic rings. The van der Waals surface area contributed by atoms with Crippen molar-refractivity contribution in [1.82, 2.24) is 0 Å². The molecule has 0 unspecified atom stereocenters. The first-order valence-electron chi connectivity index (χ1n) is 9.57. The van der Waals surface area contributed by atoms with Crippen LogP contribution >= 0.6 is 0 Å². The van der Waals surface area contributed by atoms with Crippen molar-refractivity contribution in [3.63, 3.8) is 0 Å². The summed E-state index contributed by atoms with van der Waals surface area (Å²) in [5.41, 5.74) is 2.80. The summed E-state index contributed by atoms with van der Waals surface area (Å²) < 4.78 is 31.2. The van der Waals surface area contributed by atoms with E-state index in [1.54, 1.807) is 0 Å². The molecule has 1 aromatic carbocycles. The number of quaternary nitrogens is 1. The smallest absolute Gasteiger partial charge is 0.265 e. The van der Waals surface area contributed by atoms with Gasteiger partial charge in [0, 0.05) is 12.8 Å². The Morgan fingerprint density at radius 3 is 1.88 bits per heavy atom. The summed E-state index contributed by atoms with van der Waals surface area (Å²) in [6.45, 7) is 4.00. The zero-order valence-electron chi connectivity index (χ0n) is 16.2. The lowest BCUT2D eigenvalue weighted by atomic mass is 10.0. The molecule has 0 aliphatic heterocycles. The van der Waals surface area contributed by atoms with Crippen LogP contribution in [0.2, 0.25) is 0 Å². The summed E-state index contributed by atoms with van der Waals surface area (Å²) >= 11 is 0. The first-order chi connectivity index (χ1) is 11.7. The Morgan fingerprint density at radius 1 is 0.840 bits per heavy atom. The number of hydrogen-bond donors (Lipinski definition) is 1. The minimum absolute atomic E-state index is 0.144. The zero-order chi connectivity index (χ0) is 18.8. The number of rotatable bonds is 13. The van der Waals surface area contributed by atoms with Gasteiger partial charge in [-0.3, -0.25) is 4.55 Å². The Hall–Kier alpha value is -0.910. The highest BCUT2D eigenvalue weighted by molar-refractivity contribution is 7.85. The van der Waals surface area contributed by atoms with E-state index in [2.05, 4.69) is 45.3 Å². The lowest BCUT2D eigenvalue weighted by Crippen LogP contribution is -2.42. The van der Waals surface area contributed by atoms with E-state index in [0.717, 1.165) is 30.4 Å². The minimum Gasteiger partial charge on any atom is -0.328 e. The van der Waals surface area contributed by atoms with Gasteiger partial charge in [0.15, 0.2) is 0 Å². The molecule has 0 fully saturated rings. The number of unbranched alkanes of at least 4 members (excludes halogenated alkanes) is 3. The van der Waals surface area contributed by atoms with Crippen molar-refractivity contribution in [2.75, 3.05) is 32.9 Å². The van der Waals surface area contributed by atoms with Gasteiger partial charge >= 0.3 is 0 Å². The number of benzene rings is 1. The maximum absolute atomic E-state index is 10.8. The molecule has 0 amide bonds. The van der Waals surface area contributed by atoms with E-state index in [9.17, 15) is 8.42 Å². The van der Waals surface area contributed by atoms with Crippen molar-refractivity contribution < 1.29 is 17.5 Å². The van der Waals surface area contributed by atoms with Crippen molar-refractivity contribution in [1.29, 1.82) is 0 Å². The molecule has 0 radical (unpaired) electrons. The van der Waals surface area contributed by atoms with Crippen LogP contribution in [-0.2, 0) is 23.0 Å². The third kappa shape index (κ3) is 11.3. The van der Waals surface area contributed by atoms with Crippen LogP contribution in [0.5, 0.6) is 0 Å². The lowest BCUT2D eigenvalue weighted by Gasteiger charge is -2.29. The molecule has 0 aliphatic rings. The molecule has 0 aliphatic carbocycles. The molecular weight excluding hydrogens is 334 g/mol. The maximum atomic E-state index is 10.8. The van der Waals surface area contributed by atoms with E-state index < -0.39 is 10.1 Å². The van der Waals surface area contributed by atoms with Gasteiger partial charge in [0.2, 0.25) is 0 Å². The quantitative estimate of drug-likeness (QED) is 0.323. The van der Waals surface area contributed by atoms with Crippen LogP contribution in [0.4, 0.5) is 0 Å². The van der Waals surface area contributed by atoms with Gasteiger partial charge in [-0.2, -0.15) is 8.42 Å². The van der Waals surface area contributed by atoms with E-state index >= 15 is 0 Å². The van der Waals surface area contributed by atoms with Crippen LogP contribution < -0.4 is 0 Å². The Balaban J connectivity index is 2.28. The zero-order valence-corrected chi connectivity index (χ0v) is 17.0. The molecule has 5 heteroatoms. The predicted octanol–water partition coefficient (Wildman–Crippen LogP) is 4.10. The van der Waals surface area contributed by atoms with Crippen LogP contribution in [0, 0.1) is 0 Å². The van der Waals surface area contributed by atoms with Gasteiger partial charge in [-0.25, -0.2) is 0 Å². The Morgan fingerprint density at radius 2 is 1.36 bits per heavy atom. The summed E-state index contributed by atoms with van der Waals surface area (Å²) in [4.78, 5) is 0. The highest BCUT2D eigenvalue weighted by atomic mass is 32.2. The summed E-state index contributed by atoms with van der Waals surface area (Å²) in [5, 5.41) is 0. The Kier molecular flexibility index (Phi) is 9.69. The molecule has 1 N–H and O–H groups in total. The second-order valence-electron chi connectivity index (χ2n) is 7.75. The minimum atomic E-state index is -3.83. The molecule has 0 aromatic heterocycles.